The van der Waals surface area contributed by atoms with E-state index in [1.165, 1.54) is 0 Å². The van der Waals surface area contributed by atoms with Gasteiger partial charge in [0.05, 0.1) is 0 Å². The normalized spacial score (nSPS) is 12.6. The van der Waals surface area contributed by atoms with Crippen LogP contribution in [0.3, 0.4) is 0 Å². The number of carbonyl (C=O) groups excluding carboxylic acids is 1. The van der Waals surface area contributed by atoms with Gasteiger partial charge in [-0.3, -0.25) is 0 Å². The topological polar surface area (TPSA) is 17.1 Å². The summed E-state index contributed by atoms with van der Waals surface area (Å²) in [7, 11) is 0. The van der Waals surface area contributed by atoms with Crippen LogP contribution in [-0.4, -0.2) is 6.29 Å². The average molecular weight is 263 g/mol. The molecule has 4 heteroatoms. The van der Waals surface area contributed by atoms with Crippen LogP contribution in [0.15, 0.2) is 16.6 Å². The lowest BCUT2D eigenvalue weighted by Gasteiger charge is -2.10. The van der Waals surface area contributed by atoms with Gasteiger partial charge in [0, 0.05) is 10.9 Å². The van der Waals surface area contributed by atoms with E-state index in [2.05, 4.69) is 15.9 Å². The zero-order chi connectivity index (χ0) is 10.7. The Morgan fingerprint density at radius 2 is 2.00 bits per heavy atom. The van der Waals surface area contributed by atoms with Crippen molar-refractivity contribution in [2.45, 2.75) is 19.3 Å². The van der Waals surface area contributed by atoms with E-state index in [1.807, 2.05) is 0 Å². The van der Waals surface area contributed by atoms with Crippen LogP contribution in [0.1, 0.15) is 24.8 Å². The Kier molecular flexibility index (Phi) is 3.75. The zero-order valence-electron chi connectivity index (χ0n) is 7.56. The fourth-order valence-corrected chi connectivity index (χ4v) is 1.89. The highest BCUT2D eigenvalue weighted by molar-refractivity contribution is 9.10. The van der Waals surface area contributed by atoms with Gasteiger partial charge in [0.2, 0.25) is 0 Å². The molecule has 1 aromatic rings. The van der Waals surface area contributed by atoms with Crippen LogP contribution in [-0.2, 0) is 4.79 Å². The molecule has 0 heterocycles. The van der Waals surface area contributed by atoms with Crippen molar-refractivity contribution in [1.82, 2.24) is 0 Å². The van der Waals surface area contributed by atoms with E-state index in [0.29, 0.717) is 16.5 Å². The highest BCUT2D eigenvalue weighted by atomic mass is 79.9. The van der Waals surface area contributed by atoms with Crippen LogP contribution in [0.25, 0.3) is 0 Å². The van der Waals surface area contributed by atoms with Gasteiger partial charge < -0.3 is 4.79 Å². The molecule has 1 nitrogen and oxygen atoms in total. The number of hydrogen-bond donors (Lipinski definition) is 0. The second kappa shape index (κ2) is 4.64. The number of rotatable bonds is 3. The molecule has 0 aliphatic carbocycles. The highest BCUT2D eigenvalue weighted by Crippen LogP contribution is 2.28. The molecule has 0 spiro atoms. The van der Waals surface area contributed by atoms with Crippen molar-refractivity contribution in [3.8, 4) is 0 Å². The monoisotopic (exact) mass is 262 g/mol. The number of halogens is 3. The standard InChI is InChI=1S/C10H9BrF2O/c1-6(2-3-14)7-4-9(12)10(13)5-8(7)11/h3-6H,2H2,1H3. The molecular weight excluding hydrogens is 254 g/mol. The van der Waals surface area contributed by atoms with Crippen molar-refractivity contribution in [2.24, 2.45) is 0 Å². The van der Waals surface area contributed by atoms with Crippen LogP contribution < -0.4 is 0 Å². The van der Waals surface area contributed by atoms with E-state index in [0.717, 1.165) is 18.4 Å². The zero-order valence-corrected chi connectivity index (χ0v) is 9.14. The third-order valence-electron chi connectivity index (χ3n) is 2.02. The summed E-state index contributed by atoms with van der Waals surface area (Å²) in [5, 5.41) is 0. The van der Waals surface area contributed by atoms with Gasteiger partial charge in [0.1, 0.15) is 6.29 Å². The minimum absolute atomic E-state index is 0.114. The molecule has 0 aliphatic rings. The molecule has 0 bridgehead atoms. The maximum Gasteiger partial charge on any atom is 0.159 e. The number of hydrogen-bond acceptors (Lipinski definition) is 1. The Hall–Kier alpha value is -0.770. The lowest BCUT2D eigenvalue weighted by Crippen LogP contribution is -1.98. The number of benzene rings is 1. The summed E-state index contributed by atoms with van der Waals surface area (Å²) in [6.45, 7) is 1.78. The molecular formula is C10H9BrF2O. The largest absolute Gasteiger partial charge is 0.303 e. The Morgan fingerprint density at radius 1 is 1.43 bits per heavy atom. The third kappa shape index (κ3) is 2.38. The average Bonchev–Trinajstić information content (AvgIpc) is 2.11. The molecule has 1 atom stereocenters. The minimum Gasteiger partial charge on any atom is -0.303 e. The first-order valence-electron chi connectivity index (χ1n) is 4.14. The third-order valence-corrected chi connectivity index (χ3v) is 2.71. The van der Waals surface area contributed by atoms with Gasteiger partial charge in [-0.1, -0.05) is 22.9 Å². The van der Waals surface area contributed by atoms with Gasteiger partial charge in [0.15, 0.2) is 11.6 Å². The van der Waals surface area contributed by atoms with Crippen molar-refractivity contribution in [3.05, 3.63) is 33.8 Å². The van der Waals surface area contributed by atoms with Crippen LogP contribution in [0.5, 0.6) is 0 Å². The molecule has 0 aliphatic heterocycles. The molecule has 0 aromatic heterocycles. The first-order chi connectivity index (χ1) is 6.56. The molecule has 1 unspecified atom stereocenters. The Morgan fingerprint density at radius 3 is 2.57 bits per heavy atom. The fraction of sp³-hybridized carbons (Fsp3) is 0.300. The molecule has 0 saturated heterocycles. The van der Waals surface area contributed by atoms with Gasteiger partial charge >= 0.3 is 0 Å². The van der Waals surface area contributed by atoms with Crippen molar-refractivity contribution < 1.29 is 13.6 Å². The van der Waals surface area contributed by atoms with Gasteiger partial charge in [-0.05, 0) is 23.6 Å². The molecule has 0 N–H and O–H groups in total. The molecule has 0 fully saturated rings. The Labute approximate surface area is 89.3 Å². The summed E-state index contributed by atoms with van der Waals surface area (Å²) < 4.78 is 26.1. The molecule has 1 rings (SSSR count). The summed E-state index contributed by atoms with van der Waals surface area (Å²) in [4.78, 5) is 10.3. The first-order valence-corrected chi connectivity index (χ1v) is 4.93. The molecule has 1 aromatic carbocycles. The molecule has 0 saturated carbocycles. The molecule has 0 amide bonds. The van der Waals surface area contributed by atoms with Gasteiger partial charge in [0.25, 0.3) is 0 Å². The second-order valence-corrected chi connectivity index (χ2v) is 3.95. The van der Waals surface area contributed by atoms with Crippen molar-refractivity contribution >= 4 is 22.2 Å². The van der Waals surface area contributed by atoms with E-state index in [1.54, 1.807) is 6.92 Å². The van der Waals surface area contributed by atoms with Gasteiger partial charge in [-0.2, -0.15) is 0 Å². The van der Waals surface area contributed by atoms with E-state index in [4.69, 9.17) is 0 Å². The van der Waals surface area contributed by atoms with E-state index in [-0.39, 0.29) is 5.92 Å². The Balaban J connectivity index is 3.08. The summed E-state index contributed by atoms with van der Waals surface area (Å²) in [5.41, 5.74) is 0.607. The van der Waals surface area contributed by atoms with E-state index >= 15 is 0 Å². The smallest absolute Gasteiger partial charge is 0.159 e. The number of aldehydes is 1. The van der Waals surface area contributed by atoms with Gasteiger partial charge in [-0.15, -0.1) is 0 Å². The first kappa shape index (κ1) is 11.3. The fourth-order valence-electron chi connectivity index (χ4n) is 1.19. The van der Waals surface area contributed by atoms with Crippen LogP contribution in [0.2, 0.25) is 0 Å². The number of carbonyl (C=O) groups is 1. The highest BCUT2D eigenvalue weighted by Gasteiger charge is 2.13. The minimum atomic E-state index is -0.890. The van der Waals surface area contributed by atoms with Gasteiger partial charge in [-0.25, -0.2) is 8.78 Å². The summed E-state index contributed by atoms with van der Waals surface area (Å²) >= 11 is 3.13. The van der Waals surface area contributed by atoms with Crippen LogP contribution in [0, 0.1) is 11.6 Å². The van der Waals surface area contributed by atoms with E-state index < -0.39 is 11.6 Å². The van der Waals surface area contributed by atoms with Crippen molar-refractivity contribution in [1.29, 1.82) is 0 Å². The lowest BCUT2D eigenvalue weighted by molar-refractivity contribution is -0.108. The SMILES string of the molecule is CC(CC=O)c1cc(F)c(F)cc1Br. The predicted octanol–water partition coefficient (Wildman–Crippen LogP) is 3.42. The molecule has 14 heavy (non-hydrogen) atoms. The van der Waals surface area contributed by atoms with E-state index in [9.17, 15) is 13.6 Å². The maximum absolute atomic E-state index is 12.9. The maximum atomic E-state index is 12.9. The summed E-state index contributed by atoms with van der Waals surface area (Å²) in [6, 6.07) is 2.19. The second-order valence-electron chi connectivity index (χ2n) is 3.09. The summed E-state index contributed by atoms with van der Waals surface area (Å²) in [6.07, 6.45) is 1.06. The quantitative estimate of drug-likeness (QED) is 0.603. The van der Waals surface area contributed by atoms with Crippen molar-refractivity contribution in [2.75, 3.05) is 0 Å². The van der Waals surface area contributed by atoms with Crippen molar-refractivity contribution in [3.63, 3.8) is 0 Å². The summed E-state index contributed by atoms with van der Waals surface area (Å²) in [5.74, 6) is -1.89. The molecule has 0 radical (unpaired) electrons. The van der Waals surface area contributed by atoms with Crippen LogP contribution >= 0.6 is 15.9 Å². The Bertz CT molecular complexity index is 352. The lowest BCUT2D eigenvalue weighted by atomic mass is 9.98. The van der Waals surface area contributed by atoms with Crippen LogP contribution in [0.4, 0.5) is 8.78 Å². The molecule has 76 valence electrons. The predicted molar refractivity (Wildman–Crippen MR) is 53.2 cm³/mol.